The minimum Gasteiger partial charge on any atom is -0.317 e. The molecule has 106 valence electrons. The lowest BCUT2D eigenvalue weighted by Gasteiger charge is -2.28. The predicted octanol–water partition coefficient (Wildman–Crippen LogP) is 1.70. The molecule has 1 N–H and O–H groups in total. The molecule has 0 bridgehead atoms. The summed E-state index contributed by atoms with van der Waals surface area (Å²) in [5.74, 6) is 0.472. The molecule has 1 fully saturated rings. The highest BCUT2D eigenvalue weighted by atomic mass is 32.2. The van der Waals surface area contributed by atoms with Crippen LogP contribution < -0.4 is 5.32 Å². The van der Waals surface area contributed by atoms with E-state index in [1.165, 1.54) is 0 Å². The normalized spacial score (nSPS) is 17.8. The van der Waals surface area contributed by atoms with Gasteiger partial charge < -0.3 is 5.32 Å². The van der Waals surface area contributed by atoms with Gasteiger partial charge in [-0.1, -0.05) is 25.1 Å². The summed E-state index contributed by atoms with van der Waals surface area (Å²) in [5.41, 5.74) is 0. The first-order valence-electron chi connectivity index (χ1n) is 6.90. The molecule has 1 heterocycles. The van der Waals surface area contributed by atoms with E-state index in [1.807, 2.05) is 13.0 Å². The maximum absolute atomic E-state index is 12.5. The largest absolute Gasteiger partial charge is 0.317 e. The van der Waals surface area contributed by atoms with Crippen LogP contribution in [0.3, 0.4) is 0 Å². The number of piperidine rings is 1. The van der Waals surface area contributed by atoms with Gasteiger partial charge in [0, 0.05) is 13.1 Å². The Labute approximate surface area is 115 Å². The van der Waals surface area contributed by atoms with E-state index in [4.69, 9.17) is 0 Å². The van der Waals surface area contributed by atoms with Crippen molar-refractivity contribution in [3.8, 4) is 0 Å². The number of nitrogens with zero attached hydrogens (tertiary/aromatic N) is 1. The van der Waals surface area contributed by atoms with E-state index in [9.17, 15) is 8.42 Å². The van der Waals surface area contributed by atoms with E-state index in [-0.39, 0.29) is 0 Å². The Morgan fingerprint density at radius 2 is 1.84 bits per heavy atom. The van der Waals surface area contributed by atoms with E-state index in [1.54, 1.807) is 28.6 Å². The van der Waals surface area contributed by atoms with Gasteiger partial charge >= 0.3 is 0 Å². The van der Waals surface area contributed by atoms with Gasteiger partial charge in [0.25, 0.3) is 0 Å². The number of hydrogen-bond acceptors (Lipinski definition) is 3. The molecule has 19 heavy (non-hydrogen) atoms. The molecular weight excluding hydrogens is 260 g/mol. The maximum Gasteiger partial charge on any atom is 0.243 e. The molecule has 0 aromatic heterocycles. The Morgan fingerprint density at radius 1 is 1.21 bits per heavy atom. The van der Waals surface area contributed by atoms with Gasteiger partial charge in [0.1, 0.15) is 0 Å². The third-order valence-corrected chi connectivity index (χ3v) is 5.61. The second kappa shape index (κ2) is 6.50. The van der Waals surface area contributed by atoms with Crippen LogP contribution in [0.4, 0.5) is 0 Å². The summed E-state index contributed by atoms with van der Waals surface area (Å²) >= 11 is 0. The summed E-state index contributed by atoms with van der Waals surface area (Å²) in [4.78, 5) is 0.394. The fraction of sp³-hybridized carbons (Fsp3) is 0.571. The summed E-state index contributed by atoms with van der Waals surface area (Å²) < 4.78 is 26.7. The summed E-state index contributed by atoms with van der Waals surface area (Å²) in [6.07, 6.45) is 2.11. The Balaban J connectivity index is 2.12. The van der Waals surface area contributed by atoms with Crippen LogP contribution in [0.5, 0.6) is 0 Å². The second-order valence-corrected chi connectivity index (χ2v) is 6.90. The third-order valence-electron chi connectivity index (χ3n) is 3.65. The monoisotopic (exact) mass is 282 g/mol. The van der Waals surface area contributed by atoms with Crippen molar-refractivity contribution in [2.75, 3.05) is 26.2 Å². The van der Waals surface area contributed by atoms with Crippen molar-refractivity contribution in [2.24, 2.45) is 5.92 Å². The SMILES string of the molecule is CCN(CC1CCNCC1)S(=O)(=O)c1ccccc1. The van der Waals surface area contributed by atoms with Gasteiger partial charge in [0.05, 0.1) is 4.90 Å². The lowest BCUT2D eigenvalue weighted by molar-refractivity contribution is 0.294. The fourth-order valence-electron chi connectivity index (χ4n) is 2.49. The van der Waals surface area contributed by atoms with Crippen LogP contribution in [0, 0.1) is 5.92 Å². The average Bonchev–Trinajstić information content (AvgIpc) is 2.46. The van der Waals surface area contributed by atoms with E-state index in [0.29, 0.717) is 23.9 Å². The first-order chi connectivity index (χ1) is 9.14. The van der Waals surface area contributed by atoms with E-state index in [0.717, 1.165) is 25.9 Å². The average molecular weight is 282 g/mol. The van der Waals surface area contributed by atoms with Crippen LogP contribution in [-0.4, -0.2) is 38.9 Å². The third kappa shape index (κ3) is 3.55. The zero-order valence-electron chi connectivity index (χ0n) is 11.4. The Morgan fingerprint density at radius 3 is 2.42 bits per heavy atom. The summed E-state index contributed by atoms with van der Waals surface area (Å²) in [7, 11) is -3.34. The van der Waals surface area contributed by atoms with Gasteiger partial charge in [-0.25, -0.2) is 8.42 Å². The van der Waals surface area contributed by atoms with Gasteiger partial charge in [0.2, 0.25) is 10.0 Å². The van der Waals surface area contributed by atoms with Crippen LogP contribution in [0.15, 0.2) is 35.2 Å². The molecular formula is C14H22N2O2S. The topological polar surface area (TPSA) is 49.4 Å². The van der Waals surface area contributed by atoms with Crippen molar-refractivity contribution in [3.63, 3.8) is 0 Å². The molecule has 0 aliphatic carbocycles. The molecule has 0 radical (unpaired) electrons. The van der Waals surface area contributed by atoms with Crippen LogP contribution in [0.1, 0.15) is 19.8 Å². The summed E-state index contributed by atoms with van der Waals surface area (Å²) in [5, 5.41) is 3.31. The molecule has 1 aliphatic heterocycles. The van der Waals surface area contributed by atoms with Gasteiger partial charge in [-0.15, -0.1) is 0 Å². The van der Waals surface area contributed by atoms with E-state index in [2.05, 4.69) is 5.32 Å². The maximum atomic E-state index is 12.5. The molecule has 1 aliphatic rings. The molecule has 0 spiro atoms. The lowest BCUT2D eigenvalue weighted by Crippen LogP contribution is -2.39. The molecule has 1 aromatic carbocycles. The zero-order valence-corrected chi connectivity index (χ0v) is 12.2. The zero-order chi connectivity index (χ0) is 13.7. The molecule has 1 aromatic rings. The van der Waals surface area contributed by atoms with Crippen molar-refractivity contribution in [1.82, 2.24) is 9.62 Å². The van der Waals surface area contributed by atoms with Crippen LogP contribution in [0.2, 0.25) is 0 Å². The molecule has 4 nitrogen and oxygen atoms in total. The number of nitrogens with one attached hydrogen (secondary N) is 1. The molecule has 2 rings (SSSR count). The summed E-state index contributed by atoms with van der Waals surface area (Å²) in [6.45, 7) is 5.05. The highest BCUT2D eigenvalue weighted by molar-refractivity contribution is 7.89. The Bertz CT molecular complexity index is 481. The minimum atomic E-state index is -3.34. The van der Waals surface area contributed by atoms with Gasteiger partial charge in [-0.05, 0) is 44.0 Å². The standard InChI is InChI=1S/C14H22N2O2S/c1-2-16(12-13-8-10-15-11-9-13)19(17,18)14-6-4-3-5-7-14/h3-7,13,15H,2,8-12H2,1H3. The first kappa shape index (κ1) is 14.5. The predicted molar refractivity (Wildman–Crippen MR) is 76.5 cm³/mol. The quantitative estimate of drug-likeness (QED) is 0.894. The molecule has 1 saturated heterocycles. The molecule has 0 unspecified atom stereocenters. The first-order valence-corrected chi connectivity index (χ1v) is 8.34. The van der Waals surface area contributed by atoms with Gasteiger partial charge in [-0.3, -0.25) is 0 Å². The number of rotatable bonds is 5. The van der Waals surface area contributed by atoms with Crippen molar-refractivity contribution in [1.29, 1.82) is 0 Å². The van der Waals surface area contributed by atoms with Crippen molar-refractivity contribution in [3.05, 3.63) is 30.3 Å². The lowest BCUT2D eigenvalue weighted by atomic mass is 9.98. The van der Waals surface area contributed by atoms with Crippen molar-refractivity contribution >= 4 is 10.0 Å². The molecule has 5 heteroatoms. The van der Waals surface area contributed by atoms with E-state index >= 15 is 0 Å². The highest BCUT2D eigenvalue weighted by Crippen LogP contribution is 2.20. The van der Waals surface area contributed by atoms with E-state index < -0.39 is 10.0 Å². The Hall–Kier alpha value is -0.910. The Kier molecular flexibility index (Phi) is 4.96. The van der Waals surface area contributed by atoms with Crippen molar-refractivity contribution in [2.45, 2.75) is 24.7 Å². The van der Waals surface area contributed by atoms with Crippen LogP contribution in [0.25, 0.3) is 0 Å². The number of hydrogen-bond donors (Lipinski definition) is 1. The molecule has 0 atom stereocenters. The second-order valence-electron chi connectivity index (χ2n) is 4.96. The van der Waals surface area contributed by atoms with Crippen LogP contribution >= 0.6 is 0 Å². The minimum absolute atomic E-state index is 0.394. The molecule has 0 amide bonds. The van der Waals surface area contributed by atoms with Crippen molar-refractivity contribution < 1.29 is 8.42 Å². The summed E-state index contributed by atoms with van der Waals surface area (Å²) in [6, 6.07) is 8.71. The number of sulfonamides is 1. The molecule has 0 saturated carbocycles. The van der Waals surface area contributed by atoms with Crippen LogP contribution in [-0.2, 0) is 10.0 Å². The smallest absolute Gasteiger partial charge is 0.243 e. The van der Waals surface area contributed by atoms with Gasteiger partial charge in [0.15, 0.2) is 0 Å². The number of benzene rings is 1. The fourth-order valence-corrected chi connectivity index (χ4v) is 4.04. The van der Waals surface area contributed by atoms with Gasteiger partial charge in [-0.2, -0.15) is 4.31 Å². The highest BCUT2D eigenvalue weighted by Gasteiger charge is 2.26.